The minimum absolute atomic E-state index is 0.372. The van der Waals surface area contributed by atoms with Gasteiger partial charge in [0.25, 0.3) is 0 Å². The molecule has 3 unspecified atom stereocenters. The fraction of sp³-hybridized carbons (Fsp3) is 0.400. The van der Waals surface area contributed by atoms with Crippen LogP contribution in [0.1, 0.15) is 13.8 Å². The van der Waals surface area contributed by atoms with Crippen LogP contribution in [0.2, 0.25) is 0 Å². The first kappa shape index (κ1) is 15.7. The van der Waals surface area contributed by atoms with Crippen molar-refractivity contribution in [3.63, 3.8) is 0 Å². The molecule has 0 aromatic heterocycles. The smallest absolute Gasteiger partial charge is 0.413 e. The molecule has 8 heteroatoms. The molecule has 0 spiro atoms. The topological polar surface area (TPSA) is 95.9 Å². The quantitative estimate of drug-likeness (QED) is 0.808. The van der Waals surface area contributed by atoms with Gasteiger partial charge in [0.2, 0.25) is 5.91 Å². The van der Waals surface area contributed by atoms with Gasteiger partial charge in [-0.05, 0) is 26.0 Å². The van der Waals surface area contributed by atoms with E-state index in [1.807, 2.05) is 0 Å². The molecular weight excluding hydrogens is 320 g/mol. The highest BCUT2D eigenvalue weighted by atomic mass is 32.2. The number of rotatable bonds is 3. The molecule has 23 heavy (non-hydrogen) atoms. The van der Waals surface area contributed by atoms with Crippen LogP contribution in [0.15, 0.2) is 30.3 Å². The Morgan fingerprint density at radius 1 is 1.30 bits per heavy atom. The van der Waals surface area contributed by atoms with Crippen molar-refractivity contribution in [1.29, 1.82) is 0 Å². The van der Waals surface area contributed by atoms with Crippen molar-refractivity contribution < 1.29 is 24.2 Å². The number of carboxylic acids is 1. The van der Waals surface area contributed by atoms with Crippen molar-refractivity contribution in [3.8, 4) is 5.75 Å². The Balaban J connectivity index is 1.66. The predicted octanol–water partition coefficient (Wildman–Crippen LogP) is 1.29. The second-order valence-electron chi connectivity index (χ2n) is 5.92. The van der Waals surface area contributed by atoms with Gasteiger partial charge in [0.05, 0.1) is 0 Å². The van der Waals surface area contributed by atoms with Crippen LogP contribution in [-0.4, -0.2) is 50.2 Å². The summed E-state index contributed by atoms with van der Waals surface area (Å²) in [5.74, 6) is -1.06. The summed E-state index contributed by atoms with van der Waals surface area (Å²) in [6.07, 6.45) is -0.730. The molecule has 2 aliphatic rings. The average molecular weight is 336 g/mol. The Bertz CT molecular complexity index is 663. The lowest BCUT2D eigenvalue weighted by molar-refractivity contribution is -0.159. The van der Waals surface area contributed by atoms with Crippen molar-refractivity contribution in [2.45, 2.75) is 36.1 Å². The van der Waals surface area contributed by atoms with Crippen LogP contribution in [-0.2, 0) is 9.59 Å². The standard InChI is InChI=1S/C15H16N2O5S/c1-15(2)10(13(19)20)17-11(18)9(12(17)23-15)16-14(21)22-8-6-4-3-5-7-8/h3-7,9-10,12H,1-2H3,(H,16,21)(H,19,20). The number of aliphatic carboxylic acids is 1. The number of carboxylic acid groups (broad SMARTS) is 1. The van der Waals surface area contributed by atoms with Crippen LogP contribution in [0.3, 0.4) is 0 Å². The van der Waals surface area contributed by atoms with Gasteiger partial charge in [0.15, 0.2) is 0 Å². The molecule has 0 saturated carbocycles. The van der Waals surface area contributed by atoms with E-state index in [1.165, 1.54) is 16.7 Å². The summed E-state index contributed by atoms with van der Waals surface area (Å²) in [7, 11) is 0. The summed E-state index contributed by atoms with van der Waals surface area (Å²) >= 11 is 1.37. The van der Waals surface area contributed by atoms with Gasteiger partial charge < -0.3 is 20.1 Å². The summed E-state index contributed by atoms with van der Waals surface area (Å²) in [6.45, 7) is 3.56. The zero-order valence-electron chi connectivity index (χ0n) is 12.6. The monoisotopic (exact) mass is 336 g/mol. The average Bonchev–Trinajstić information content (AvgIpc) is 2.74. The number of fused-ring (bicyclic) bond motifs is 1. The second-order valence-corrected chi connectivity index (χ2v) is 7.69. The third-order valence-electron chi connectivity index (χ3n) is 3.90. The van der Waals surface area contributed by atoms with Crippen molar-refractivity contribution in [2.75, 3.05) is 0 Å². The maximum atomic E-state index is 12.2. The number of β-lactam (4-membered cyclic amide) rings is 1. The van der Waals surface area contributed by atoms with E-state index < -0.39 is 34.8 Å². The molecular formula is C15H16N2O5S. The maximum Gasteiger partial charge on any atom is 0.413 e. The van der Waals surface area contributed by atoms with E-state index in [2.05, 4.69) is 5.32 Å². The van der Waals surface area contributed by atoms with Crippen molar-refractivity contribution in [3.05, 3.63) is 30.3 Å². The van der Waals surface area contributed by atoms with E-state index in [1.54, 1.807) is 44.2 Å². The van der Waals surface area contributed by atoms with E-state index in [0.29, 0.717) is 5.75 Å². The molecule has 122 valence electrons. The fourth-order valence-electron chi connectivity index (χ4n) is 2.90. The van der Waals surface area contributed by atoms with Gasteiger partial charge in [-0.2, -0.15) is 0 Å². The third kappa shape index (κ3) is 2.63. The summed E-state index contributed by atoms with van der Waals surface area (Å²) in [4.78, 5) is 36.8. The van der Waals surface area contributed by atoms with E-state index in [-0.39, 0.29) is 5.37 Å². The second kappa shape index (κ2) is 5.45. The highest BCUT2D eigenvalue weighted by Gasteiger charge is 2.64. The minimum atomic E-state index is -1.04. The van der Waals surface area contributed by atoms with Crippen molar-refractivity contribution >= 4 is 29.7 Å². The fourth-order valence-corrected chi connectivity index (χ4v) is 4.52. The third-order valence-corrected chi connectivity index (χ3v) is 5.47. The SMILES string of the molecule is CC1(C)SC2C(NC(=O)Oc3ccccc3)C(=O)N2C1C(=O)O. The molecule has 2 saturated heterocycles. The molecule has 2 aliphatic heterocycles. The number of nitrogens with zero attached hydrogens (tertiary/aromatic N) is 1. The number of amides is 2. The molecule has 0 bridgehead atoms. The van der Waals surface area contributed by atoms with Gasteiger partial charge in [-0.1, -0.05) is 18.2 Å². The number of ether oxygens (including phenoxy) is 1. The van der Waals surface area contributed by atoms with Crippen molar-refractivity contribution in [2.24, 2.45) is 0 Å². The highest BCUT2D eigenvalue weighted by Crippen LogP contribution is 2.50. The van der Waals surface area contributed by atoms with Gasteiger partial charge in [-0.3, -0.25) is 4.79 Å². The van der Waals surface area contributed by atoms with Crippen LogP contribution in [0.5, 0.6) is 5.75 Å². The first-order chi connectivity index (χ1) is 10.8. The molecule has 0 radical (unpaired) electrons. The first-order valence-electron chi connectivity index (χ1n) is 7.07. The van der Waals surface area contributed by atoms with Crippen LogP contribution < -0.4 is 10.1 Å². The zero-order valence-corrected chi connectivity index (χ0v) is 13.4. The lowest BCUT2D eigenvalue weighted by Gasteiger charge is -2.43. The molecule has 3 rings (SSSR count). The summed E-state index contributed by atoms with van der Waals surface area (Å²) in [6, 6.07) is 6.84. The van der Waals surface area contributed by atoms with E-state index in [4.69, 9.17) is 4.74 Å². The predicted molar refractivity (Wildman–Crippen MR) is 83.1 cm³/mol. The first-order valence-corrected chi connectivity index (χ1v) is 7.95. The van der Waals surface area contributed by atoms with Crippen LogP contribution in [0.4, 0.5) is 4.79 Å². The number of para-hydroxylation sites is 1. The molecule has 0 aliphatic carbocycles. The van der Waals surface area contributed by atoms with E-state index >= 15 is 0 Å². The molecule has 2 heterocycles. The van der Waals surface area contributed by atoms with Gasteiger partial charge in [0, 0.05) is 4.75 Å². The maximum absolute atomic E-state index is 12.2. The Labute approximate surface area is 137 Å². The number of nitrogens with one attached hydrogen (secondary N) is 1. The van der Waals surface area contributed by atoms with Gasteiger partial charge in [-0.25, -0.2) is 9.59 Å². The number of carbonyl (C=O) groups excluding carboxylic acids is 2. The zero-order chi connectivity index (χ0) is 16.8. The molecule has 2 N–H and O–H groups in total. The Hall–Kier alpha value is -2.22. The number of benzene rings is 1. The van der Waals surface area contributed by atoms with Gasteiger partial charge in [-0.15, -0.1) is 11.8 Å². The molecule has 2 amide bonds. The number of hydrogen-bond donors (Lipinski definition) is 2. The number of thioether (sulfide) groups is 1. The van der Waals surface area contributed by atoms with Gasteiger partial charge >= 0.3 is 12.1 Å². The van der Waals surface area contributed by atoms with Crippen molar-refractivity contribution in [1.82, 2.24) is 10.2 Å². The minimum Gasteiger partial charge on any atom is -0.480 e. The Morgan fingerprint density at radius 2 is 1.96 bits per heavy atom. The Kier molecular flexibility index (Phi) is 3.71. The summed E-state index contributed by atoms with van der Waals surface area (Å²) < 4.78 is 4.48. The molecule has 1 aromatic rings. The van der Waals surface area contributed by atoms with E-state index in [0.717, 1.165) is 0 Å². The number of hydrogen-bond acceptors (Lipinski definition) is 5. The lowest BCUT2D eigenvalue weighted by atomic mass is 9.96. The van der Waals surface area contributed by atoms with Crippen LogP contribution in [0, 0.1) is 0 Å². The lowest BCUT2D eigenvalue weighted by Crippen LogP contribution is -2.70. The molecule has 3 atom stereocenters. The summed E-state index contributed by atoms with van der Waals surface area (Å²) in [5, 5.41) is 11.5. The number of carbonyl (C=O) groups is 3. The van der Waals surface area contributed by atoms with Crippen LogP contribution in [0.25, 0.3) is 0 Å². The normalized spacial score (nSPS) is 27.8. The van der Waals surface area contributed by atoms with E-state index in [9.17, 15) is 19.5 Å². The highest BCUT2D eigenvalue weighted by molar-refractivity contribution is 8.01. The molecule has 1 aromatic carbocycles. The molecule has 7 nitrogen and oxygen atoms in total. The largest absolute Gasteiger partial charge is 0.480 e. The summed E-state index contributed by atoms with van der Waals surface area (Å²) in [5.41, 5.74) is 0. The molecule has 2 fully saturated rings. The van der Waals surface area contributed by atoms with Crippen LogP contribution >= 0.6 is 11.8 Å². The van der Waals surface area contributed by atoms with Gasteiger partial charge in [0.1, 0.15) is 23.2 Å². The Morgan fingerprint density at radius 3 is 2.57 bits per heavy atom.